The molecule has 0 spiro atoms. The van der Waals surface area contributed by atoms with Crippen LogP contribution in [0.4, 0.5) is 0 Å². The Balaban J connectivity index is 1.67. The number of nitrogens with one attached hydrogen (secondary N) is 3. The molecule has 146 valence electrons. The Morgan fingerprint density at radius 2 is 2.14 bits per heavy atom. The van der Waals surface area contributed by atoms with Crippen LogP contribution in [0.25, 0.3) is 6.08 Å². The van der Waals surface area contributed by atoms with E-state index in [1.54, 1.807) is 18.5 Å². The lowest BCUT2D eigenvalue weighted by Crippen LogP contribution is -2.19. The third kappa shape index (κ3) is 3.75. The summed E-state index contributed by atoms with van der Waals surface area (Å²) in [5.74, 6) is 0.144. The van der Waals surface area contributed by atoms with Crippen molar-refractivity contribution in [3.05, 3.63) is 52.1 Å². The summed E-state index contributed by atoms with van der Waals surface area (Å²) in [7, 11) is 0. The first-order valence-corrected chi connectivity index (χ1v) is 9.86. The maximum Gasteiger partial charge on any atom is 0.273 e. The summed E-state index contributed by atoms with van der Waals surface area (Å²) in [5.41, 5.74) is 9.24. The summed E-state index contributed by atoms with van der Waals surface area (Å²) in [6, 6.07) is 2.51. The molecule has 0 radical (unpaired) electrons. The SMILES string of the molecule is Cc1[nH]c(/C=C2/C(=O)NN=C2c2ccnnc2)c(C(C)C)c1CCNC1CC1. The molecule has 0 bridgehead atoms. The average molecular weight is 378 g/mol. The number of nitrogens with zero attached hydrogens (tertiary/aromatic N) is 3. The number of aromatic amines is 1. The lowest BCUT2D eigenvalue weighted by atomic mass is 9.94. The van der Waals surface area contributed by atoms with Crippen molar-refractivity contribution < 1.29 is 4.79 Å². The summed E-state index contributed by atoms with van der Waals surface area (Å²) < 4.78 is 0. The Morgan fingerprint density at radius 1 is 1.32 bits per heavy atom. The highest BCUT2D eigenvalue weighted by Gasteiger charge is 2.26. The van der Waals surface area contributed by atoms with E-state index in [0.717, 1.165) is 29.9 Å². The van der Waals surface area contributed by atoms with Gasteiger partial charge in [-0.3, -0.25) is 4.79 Å². The smallest absolute Gasteiger partial charge is 0.273 e. The fourth-order valence-corrected chi connectivity index (χ4v) is 3.76. The van der Waals surface area contributed by atoms with Crippen LogP contribution < -0.4 is 10.7 Å². The number of carbonyl (C=O) groups excluding carboxylic acids is 1. The molecule has 7 nitrogen and oxygen atoms in total. The normalized spacial score (nSPS) is 18.1. The molecule has 2 aliphatic rings. The van der Waals surface area contributed by atoms with Gasteiger partial charge in [0.05, 0.1) is 18.0 Å². The molecule has 0 unspecified atom stereocenters. The Hall–Kier alpha value is -2.80. The van der Waals surface area contributed by atoms with Gasteiger partial charge in [-0.25, -0.2) is 5.43 Å². The van der Waals surface area contributed by atoms with E-state index in [2.05, 4.69) is 51.8 Å². The number of aromatic nitrogens is 3. The molecule has 0 aromatic carbocycles. The molecule has 1 fully saturated rings. The Kier molecular flexibility index (Phi) is 5.09. The van der Waals surface area contributed by atoms with E-state index in [0.29, 0.717) is 23.2 Å². The van der Waals surface area contributed by atoms with Crippen molar-refractivity contribution in [3.8, 4) is 0 Å². The fourth-order valence-electron chi connectivity index (χ4n) is 3.76. The lowest BCUT2D eigenvalue weighted by Gasteiger charge is -2.11. The van der Waals surface area contributed by atoms with Gasteiger partial charge in [-0.05, 0) is 61.9 Å². The van der Waals surface area contributed by atoms with Crippen molar-refractivity contribution in [1.29, 1.82) is 0 Å². The second-order valence-electron chi connectivity index (χ2n) is 7.78. The van der Waals surface area contributed by atoms with Gasteiger partial charge in [0.25, 0.3) is 5.91 Å². The maximum absolute atomic E-state index is 12.4. The van der Waals surface area contributed by atoms with Gasteiger partial charge in [-0.2, -0.15) is 15.3 Å². The molecule has 4 rings (SSSR count). The first-order chi connectivity index (χ1) is 13.5. The van der Waals surface area contributed by atoms with Gasteiger partial charge in [-0.15, -0.1) is 0 Å². The number of H-pyrrole nitrogens is 1. The van der Waals surface area contributed by atoms with E-state index < -0.39 is 0 Å². The van der Waals surface area contributed by atoms with Crippen LogP contribution in [0.5, 0.6) is 0 Å². The molecule has 1 amide bonds. The minimum Gasteiger partial charge on any atom is -0.359 e. The van der Waals surface area contributed by atoms with Crippen LogP contribution in [0.1, 0.15) is 60.7 Å². The Bertz CT molecular complexity index is 937. The van der Waals surface area contributed by atoms with Crippen LogP contribution in [0.15, 0.2) is 29.1 Å². The van der Waals surface area contributed by atoms with E-state index in [4.69, 9.17) is 0 Å². The third-order valence-electron chi connectivity index (χ3n) is 5.27. The second kappa shape index (κ2) is 7.67. The van der Waals surface area contributed by atoms with Gasteiger partial charge in [0, 0.05) is 23.0 Å². The van der Waals surface area contributed by atoms with Crippen LogP contribution in [-0.2, 0) is 11.2 Å². The van der Waals surface area contributed by atoms with Crippen molar-refractivity contribution in [2.75, 3.05) is 6.54 Å². The number of aryl methyl sites for hydroxylation is 1. The van der Waals surface area contributed by atoms with Crippen molar-refractivity contribution in [2.45, 2.75) is 52.0 Å². The van der Waals surface area contributed by atoms with Gasteiger partial charge >= 0.3 is 0 Å². The number of carbonyl (C=O) groups is 1. The highest BCUT2D eigenvalue weighted by atomic mass is 16.2. The van der Waals surface area contributed by atoms with Gasteiger partial charge < -0.3 is 10.3 Å². The predicted molar refractivity (Wildman–Crippen MR) is 109 cm³/mol. The first-order valence-electron chi connectivity index (χ1n) is 9.86. The molecule has 2 aromatic rings. The van der Waals surface area contributed by atoms with Gasteiger partial charge in [0.2, 0.25) is 0 Å². The summed E-state index contributed by atoms with van der Waals surface area (Å²) in [5, 5.41) is 15.5. The molecule has 0 saturated heterocycles. The molecular weight excluding hydrogens is 352 g/mol. The molecular formula is C21H26N6O. The monoisotopic (exact) mass is 378 g/mol. The van der Waals surface area contributed by atoms with Crippen LogP contribution in [-0.4, -0.2) is 39.4 Å². The topological polar surface area (TPSA) is 95.1 Å². The molecule has 0 atom stereocenters. The third-order valence-corrected chi connectivity index (χ3v) is 5.27. The highest BCUT2D eigenvalue weighted by molar-refractivity contribution is 6.33. The zero-order valence-electron chi connectivity index (χ0n) is 16.5. The lowest BCUT2D eigenvalue weighted by molar-refractivity contribution is -0.116. The zero-order chi connectivity index (χ0) is 19.7. The van der Waals surface area contributed by atoms with E-state index >= 15 is 0 Å². The molecule has 1 aliphatic heterocycles. The number of rotatable bonds is 7. The molecule has 2 aromatic heterocycles. The van der Waals surface area contributed by atoms with Crippen molar-refractivity contribution in [2.24, 2.45) is 5.10 Å². The minimum atomic E-state index is -0.203. The Morgan fingerprint density at radius 3 is 2.82 bits per heavy atom. The standard InChI is InChI=1S/C21H26N6O/c1-12(2)19-16(7-8-22-15-4-5-15)13(3)25-18(19)10-17-20(26-27-21(17)28)14-6-9-23-24-11-14/h6,9-12,15,22,25H,4-5,7-8H2,1-3H3,(H,27,28)/b17-10+. The Labute approximate surface area is 164 Å². The molecule has 3 N–H and O–H groups in total. The molecule has 1 aliphatic carbocycles. The van der Waals surface area contributed by atoms with Gasteiger partial charge in [-0.1, -0.05) is 13.8 Å². The zero-order valence-corrected chi connectivity index (χ0v) is 16.5. The molecule has 7 heteroatoms. The van der Waals surface area contributed by atoms with E-state index in [9.17, 15) is 4.79 Å². The van der Waals surface area contributed by atoms with Crippen molar-refractivity contribution in [3.63, 3.8) is 0 Å². The van der Waals surface area contributed by atoms with Crippen molar-refractivity contribution in [1.82, 2.24) is 25.9 Å². The number of amides is 1. The maximum atomic E-state index is 12.4. The van der Waals surface area contributed by atoms with Crippen LogP contribution in [0.2, 0.25) is 0 Å². The van der Waals surface area contributed by atoms with Gasteiger partial charge in [0.15, 0.2) is 0 Å². The summed E-state index contributed by atoms with van der Waals surface area (Å²) >= 11 is 0. The minimum absolute atomic E-state index is 0.203. The van der Waals surface area contributed by atoms with E-state index in [-0.39, 0.29) is 5.91 Å². The fraction of sp³-hybridized carbons (Fsp3) is 0.429. The molecule has 28 heavy (non-hydrogen) atoms. The predicted octanol–water partition coefficient (Wildman–Crippen LogP) is 2.45. The highest BCUT2D eigenvalue weighted by Crippen LogP contribution is 2.30. The summed E-state index contributed by atoms with van der Waals surface area (Å²) in [6.45, 7) is 7.48. The van der Waals surface area contributed by atoms with E-state index in [1.807, 2.05) is 6.08 Å². The first kappa shape index (κ1) is 18.6. The number of hydrogen-bond donors (Lipinski definition) is 3. The van der Waals surface area contributed by atoms with E-state index in [1.165, 1.54) is 24.0 Å². The number of hydrogen-bond acceptors (Lipinski definition) is 5. The number of hydrazone groups is 1. The molecule has 3 heterocycles. The van der Waals surface area contributed by atoms with Crippen LogP contribution in [0.3, 0.4) is 0 Å². The summed E-state index contributed by atoms with van der Waals surface area (Å²) in [4.78, 5) is 15.9. The largest absolute Gasteiger partial charge is 0.359 e. The summed E-state index contributed by atoms with van der Waals surface area (Å²) in [6.07, 6.45) is 8.70. The second-order valence-corrected chi connectivity index (χ2v) is 7.78. The van der Waals surface area contributed by atoms with Crippen LogP contribution >= 0.6 is 0 Å². The van der Waals surface area contributed by atoms with Crippen molar-refractivity contribution >= 4 is 17.7 Å². The quantitative estimate of drug-likeness (QED) is 0.645. The van der Waals surface area contributed by atoms with Gasteiger partial charge in [0.1, 0.15) is 5.71 Å². The average Bonchev–Trinajstić information content (AvgIpc) is 3.36. The van der Waals surface area contributed by atoms with Crippen LogP contribution in [0, 0.1) is 6.92 Å². The molecule has 1 saturated carbocycles.